The van der Waals surface area contributed by atoms with Crippen molar-refractivity contribution in [3.8, 4) is 5.69 Å². The number of amides is 1. The first-order chi connectivity index (χ1) is 15.0. The Hall–Kier alpha value is -3.53. The predicted octanol–water partition coefficient (Wildman–Crippen LogP) is 2.59. The number of hydrogen-bond donors (Lipinski definition) is 4. The number of pyridine rings is 2. The Kier molecular flexibility index (Phi) is 6.08. The lowest BCUT2D eigenvalue weighted by Crippen LogP contribution is -2.45. The highest BCUT2D eigenvalue weighted by Gasteiger charge is 2.26. The van der Waals surface area contributed by atoms with Gasteiger partial charge in [0.15, 0.2) is 11.6 Å². The quantitative estimate of drug-likeness (QED) is 0.460. The van der Waals surface area contributed by atoms with E-state index in [2.05, 4.69) is 30.9 Å². The smallest absolute Gasteiger partial charge is 0.252 e. The molecule has 0 spiro atoms. The number of carbonyl (C=O) groups is 1. The van der Waals surface area contributed by atoms with Crippen molar-refractivity contribution in [1.29, 1.82) is 0 Å². The number of carbonyl (C=O) groups excluding carboxylic acids is 1. The highest BCUT2D eigenvalue weighted by atomic mass is 19.1. The third kappa shape index (κ3) is 4.64. The molecule has 5 N–H and O–H groups in total. The van der Waals surface area contributed by atoms with E-state index in [9.17, 15) is 9.18 Å². The van der Waals surface area contributed by atoms with Gasteiger partial charge in [-0.25, -0.2) is 14.4 Å². The molecule has 1 aliphatic carbocycles. The zero-order valence-corrected chi connectivity index (χ0v) is 17.2. The van der Waals surface area contributed by atoms with Crippen LogP contribution in [0.25, 0.3) is 5.69 Å². The van der Waals surface area contributed by atoms with Gasteiger partial charge in [-0.1, -0.05) is 12.8 Å². The van der Waals surface area contributed by atoms with Gasteiger partial charge in [-0.15, -0.1) is 0 Å². The van der Waals surface area contributed by atoms with Gasteiger partial charge in [-0.05, 0) is 32.0 Å². The molecule has 0 aromatic carbocycles. The number of imidazole rings is 1. The van der Waals surface area contributed by atoms with Crippen LogP contribution in [0.1, 0.15) is 36.0 Å². The minimum atomic E-state index is -0.773. The van der Waals surface area contributed by atoms with Crippen molar-refractivity contribution in [2.45, 2.75) is 37.8 Å². The Labute approximate surface area is 179 Å². The lowest BCUT2D eigenvalue weighted by molar-refractivity contribution is 0.100. The van der Waals surface area contributed by atoms with Gasteiger partial charge in [0.25, 0.3) is 5.91 Å². The van der Waals surface area contributed by atoms with E-state index in [0.29, 0.717) is 5.69 Å². The fourth-order valence-corrected chi connectivity index (χ4v) is 3.88. The molecule has 4 rings (SSSR count). The molecule has 31 heavy (non-hydrogen) atoms. The van der Waals surface area contributed by atoms with Gasteiger partial charge in [0.1, 0.15) is 5.82 Å². The minimum Gasteiger partial charge on any atom is -0.365 e. The van der Waals surface area contributed by atoms with Gasteiger partial charge >= 0.3 is 0 Å². The van der Waals surface area contributed by atoms with Gasteiger partial charge in [-0.2, -0.15) is 0 Å². The Bertz CT molecular complexity index is 1060. The second-order valence-electron chi connectivity index (χ2n) is 7.54. The van der Waals surface area contributed by atoms with Crippen LogP contribution in [0.3, 0.4) is 0 Å². The van der Waals surface area contributed by atoms with Crippen LogP contribution in [-0.4, -0.2) is 44.6 Å². The van der Waals surface area contributed by atoms with Crippen molar-refractivity contribution < 1.29 is 9.18 Å². The molecule has 10 heteroatoms. The summed E-state index contributed by atoms with van der Waals surface area (Å²) in [6.45, 7) is 0. The summed E-state index contributed by atoms with van der Waals surface area (Å²) in [7, 11) is 1.90. The summed E-state index contributed by atoms with van der Waals surface area (Å²) in [5.41, 5.74) is 6.78. The topological polar surface area (TPSA) is 123 Å². The molecule has 162 valence electrons. The summed E-state index contributed by atoms with van der Waals surface area (Å²) in [4.78, 5) is 24.5. The molecule has 0 radical (unpaired) electrons. The lowest BCUT2D eigenvalue weighted by Gasteiger charge is -2.32. The minimum absolute atomic E-state index is 0.0371. The standard InChI is InChI=1S/C21H25FN8O/c1-24-17-4-2-3-5-18(17)28-21-16(22)9-15(19(23)31)20(29-21)27-13-8-14(11-26-10-13)30-7-6-25-12-30/h6-12,17-18,24H,2-5H2,1H3,(H2,23,31)(H2,27,28,29). The largest absolute Gasteiger partial charge is 0.365 e. The van der Waals surface area contributed by atoms with E-state index < -0.39 is 11.7 Å². The highest BCUT2D eigenvalue weighted by Crippen LogP contribution is 2.27. The number of nitrogens with zero attached hydrogens (tertiary/aromatic N) is 4. The second-order valence-corrected chi connectivity index (χ2v) is 7.54. The van der Waals surface area contributed by atoms with E-state index in [-0.39, 0.29) is 29.3 Å². The molecule has 3 aromatic heterocycles. The van der Waals surface area contributed by atoms with Crippen molar-refractivity contribution in [2.24, 2.45) is 5.73 Å². The van der Waals surface area contributed by atoms with E-state index in [4.69, 9.17) is 5.73 Å². The van der Waals surface area contributed by atoms with Crippen LogP contribution in [0.2, 0.25) is 0 Å². The Morgan fingerprint density at radius 1 is 1.16 bits per heavy atom. The number of anilines is 3. The molecular weight excluding hydrogens is 399 g/mol. The summed E-state index contributed by atoms with van der Waals surface area (Å²) in [6, 6.07) is 3.19. The molecule has 1 aliphatic rings. The lowest BCUT2D eigenvalue weighted by atomic mass is 9.90. The van der Waals surface area contributed by atoms with Crippen molar-refractivity contribution >= 4 is 23.2 Å². The number of rotatable bonds is 7. The molecule has 2 atom stereocenters. The third-order valence-corrected chi connectivity index (χ3v) is 5.49. The molecule has 1 saturated carbocycles. The molecule has 9 nitrogen and oxygen atoms in total. The Morgan fingerprint density at radius 2 is 1.97 bits per heavy atom. The second kappa shape index (κ2) is 9.09. The molecule has 0 bridgehead atoms. The third-order valence-electron chi connectivity index (χ3n) is 5.49. The maximum atomic E-state index is 14.8. The fourth-order valence-electron chi connectivity index (χ4n) is 3.88. The molecule has 0 saturated heterocycles. The van der Waals surface area contributed by atoms with Crippen LogP contribution >= 0.6 is 0 Å². The SMILES string of the molecule is CNC1CCCCC1Nc1nc(Nc2cncc(-n3ccnc3)c2)c(C(N)=O)cc1F. The number of primary amides is 1. The molecule has 1 amide bonds. The first-order valence-electron chi connectivity index (χ1n) is 10.2. The van der Waals surface area contributed by atoms with E-state index in [0.717, 1.165) is 37.4 Å². The van der Waals surface area contributed by atoms with Crippen LogP contribution in [0, 0.1) is 5.82 Å². The molecule has 3 heterocycles. The highest BCUT2D eigenvalue weighted by molar-refractivity contribution is 5.98. The van der Waals surface area contributed by atoms with E-state index >= 15 is 0 Å². The number of hydrogen-bond acceptors (Lipinski definition) is 7. The number of halogens is 1. The van der Waals surface area contributed by atoms with Crippen LogP contribution in [0.5, 0.6) is 0 Å². The average molecular weight is 424 g/mol. The molecule has 0 aliphatic heterocycles. The summed E-state index contributed by atoms with van der Waals surface area (Å²) >= 11 is 0. The summed E-state index contributed by atoms with van der Waals surface area (Å²) in [5, 5.41) is 9.54. The van der Waals surface area contributed by atoms with E-state index in [1.807, 2.05) is 13.1 Å². The van der Waals surface area contributed by atoms with E-state index in [1.54, 1.807) is 35.7 Å². The zero-order valence-electron chi connectivity index (χ0n) is 17.2. The van der Waals surface area contributed by atoms with Crippen LogP contribution in [0.4, 0.5) is 21.7 Å². The van der Waals surface area contributed by atoms with Crippen LogP contribution in [0.15, 0.2) is 43.2 Å². The number of nitrogens with one attached hydrogen (secondary N) is 3. The van der Waals surface area contributed by atoms with Gasteiger partial charge in [-0.3, -0.25) is 9.78 Å². The monoisotopic (exact) mass is 424 g/mol. The van der Waals surface area contributed by atoms with Crippen molar-refractivity contribution in [3.63, 3.8) is 0 Å². The average Bonchev–Trinajstić information content (AvgIpc) is 3.31. The number of likely N-dealkylation sites (N-methyl/N-ethyl adjacent to an activating group) is 1. The molecule has 3 aromatic rings. The maximum absolute atomic E-state index is 14.8. The maximum Gasteiger partial charge on any atom is 0.252 e. The Morgan fingerprint density at radius 3 is 2.68 bits per heavy atom. The zero-order chi connectivity index (χ0) is 21.8. The van der Waals surface area contributed by atoms with Crippen molar-refractivity contribution in [2.75, 3.05) is 17.7 Å². The summed E-state index contributed by atoms with van der Waals surface area (Å²) in [5.74, 6) is -1.15. The number of aromatic nitrogens is 4. The van der Waals surface area contributed by atoms with Gasteiger partial charge in [0.2, 0.25) is 0 Å². The summed E-state index contributed by atoms with van der Waals surface area (Å²) < 4.78 is 16.6. The van der Waals surface area contributed by atoms with Crippen molar-refractivity contribution in [3.05, 3.63) is 54.6 Å². The Balaban J connectivity index is 1.64. The molecule has 1 fully saturated rings. The molecular formula is C21H25FN8O. The number of nitrogens with two attached hydrogens (primary N) is 1. The van der Waals surface area contributed by atoms with Gasteiger partial charge in [0, 0.05) is 24.5 Å². The first-order valence-corrected chi connectivity index (χ1v) is 10.2. The van der Waals surface area contributed by atoms with E-state index in [1.165, 1.54) is 0 Å². The molecule has 2 unspecified atom stereocenters. The normalized spacial score (nSPS) is 18.5. The van der Waals surface area contributed by atoms with Crippen LogP contribution in [-0.2, 0) is 0 Å². The first kappa shape index (κ1) is 20.7. The van der Waals surface area contributed by atoms with Crippen LogP contribution < -0.4 is 21.7 Å². The summed E-state index contributed by atoms with van der Waals surface area (Å²) in [6.07, 6.45) is 12.5. The van der Waals surface area contributed by atoms with Gasteiger partial charge < -0.3 is 26.3 Å². The van der Waals surface area contributed by atoms with Crippen molar-refractivity contribution in [1.82, 2.24) is 24.8 Å². The fraction of sp³-hybridized carbons (Fsp3) is 0.333. The predicted molar refractivity (Wildman–Crippen MR) is 116 cm³/mol. The van der Waals surface area contributed by atoms with Gasteiger partial charge in [0.05, 0.1) is 35.7 Å².